The van der Waals surface area contributed by atoms with Crippen LogP contribution in [0.15, 0.2) is 35.3 Å². The molecule has 7 heteroatoms. The summed E-state index contributed by atoms with van der Waals surface area (Å²) in [6.07, 6.45) is 0.726. The average Bonchev–Trinajstić information content (AvgIpc) is 2.89. The van der Waals surface area contributed by atoms with Gasteiger partial charge in [-0.15, -0.1) is 0 Å². The Bertz CT molecular complexity index is 616. The van der Waals surface area contributed by atoms with Gasteiger partial charge in [0.2, 0.25) is 10.0 Å². The summed E-state index contributed by atoms with van der Waals surface area (Å²) < 4.78 is 25.0. The molecule has 0 aromatic heterocycles. The molecule has 0 radical (unpaired) electrons. The number of guanidine groups is 1. The second-order valence-electron chi connectivity index (χ2n) is 5.76. The van der Waals surface area contributed by atoms with Crippen molar-refractivity contribution in [1.29, 1.82) is 0 Å². The van der Waals surface area contributed by atoms with E-state index in [1.807, 2.05) is 18.2 Å². The minimum absolute atomic E-state index is 0.272. The van der Waals surface area contributed by atoms with Crippen molar-refractivity contribution in [2.45, 2.75) is 19.3 Å². The summed E-state index contributed by atoms with van der Waals surface area (Å²) in [5.41, 5.74) is 1.28. The standard InChI is InChI=1S/C16H26N4O2S/c1-14(15-7-4-3-5-8-15)13-19-16(17-2)18-9-11-20-10-6-12-23(20,21)22/h3-5,7-8,14H,6,9-13H2,1-2H3,(H2,17,18,19). The lowest BCUT2D eigenvalue weighted by atomic mass is 10.0. The van der Waals surface area contributed by atoms with E-state index in [1.165, 1.54) is 5.56 Å². The van der Waals surface area contributed by atoms with E-state index >= 15 is 0 Å². The van der Waals surface area contributed by atoms with Gasteiger partial charge in [0.1, 0.15) is 0 Å². The molecule has 0 spiro atoms. The predicted molar refractivity (Wildman–Crippen MR) is 94.2 cm³/mol. The number of benzene rings is 1. The number of aliphatic imine (C=N–C) groups is 1. The maximum Gasteiger partial charge on any atom is 0.214 e. The van der Waals surface area contributed by atoms with Crippen molar-refractivity contribution < 1.29 is 8.42 Å². The van der Waals surface area contributed by atoms with Crippen LogP contribution in [0.5, 0.6) is 0 Å². The second-order valence-corrected chi connectivity index (χ2v) is 7.85. The summed E-state index contributed by atoms with van der Waals surface area (Å²) >= 11 is 0. The minimum Gasteiger partial charge on any atom is -0.356 e. The first kappa shape index (κ1) is 17.7. The van der Waals surface area contributed by atoms with E-state index in [9.17, 15) is 8.42 Å². The third-order valence-corrected chi connectivity index (χ3v) is 5.98. The summed E-state index contributed by atoms with van der Waals surface area (Å²) in [5, 5.41) is 6.46. The monoisotopic (exact) mass is 338 g/mol. The maximum atomic E-state index is 11.7. The van der Waals surface area contributed by atoms with Crippen LogP contribution in [-0.2, 0) is 10.0 Å². The Morgan fingerprint density at radius 2 is 2.04 bits per heavy atom. The maximum absolute atomic E-state index is 11.7. The van der Waals surface area contributed by atoms with Gasteiger partial charge in [-0.25, -0.2) is 12.7 Å². The van der Waals surface area contributed by atoms with Crippen molar-refractivity contribution in [1.82, 2.24) is 14.9 Å². The summed E-state index contributed by atoms with van der Waals surface area (Å²) in [7, 11) is -1.30. The molecule has 0 amide bonds. The molecule has 1 aliphatic rings. The zero-order valence-electron chi connectivity index (χ0n) is 13.8. The number of hydrogen-bond acceptors (Lipinski definition) is 3. The topological polar surface area (TPSA) is 73.8 Å². The van der Waals surface area contributed by atoms with Crippen LogP contribution < -0.4 is 10.6 Å². The largest absolute Gasteiger partial charge is 0.356 e. The highest BCUT2D eigenvalue weighted by Gasteiger charge is 2.27. The lowest BCUT2D eigenvalue weighted by Crippen LogP contribution is -2.42. The third kappa shape index (κ3) is 5.21. The molecule has 6 nitrogen and oxygen atoms in total. The Morgan fingerprint density at radius 1 is 1.30 bits per heavy atom. The van der Waals surface area contributed by atoms with Gasteiger partial charge in [0.15, 0.2) is 5.96 Å². The fourth-order valence-corrected chi connectivity index (χ4v) is 4.14. The molecule has 1 fully saturated rings. The Kier molecular flexibility index (Phi) is 6.41. The molecule has 1 aromatic rings. The van der Waals surface area contributed by atoms with Gasteiger partial charge in [-0.2, -0.15) is 0 Å². The Labute approximate surface area is 139 Å². The Hall–Kier alpha value is -1.60. The van der Waals surface area contributed by atoms with Gasteiger partial charge < -0.3 is 10.6 Å². The average molecular weight is 338 g/mol. The highest BCUT2D eigenvalue weighted by molar-refractivity contribution is 7.89. The van der Waals surface area contributed by atoms with E-state index in [2.05, 4.69) is 34.7 Å². The molecule has 1 unspecified atom stereocenters. The van der Waals surface area contributed by atoms with E-state index in [0.29, 0.717) is 31.5 Å². The molecule has 1 saturated heterocycles. The van der Waals surface area contributed by atoms with Crippen molar-refractivity contribution in [2.75, 3.05) is 39.0 Å². The van der Waals surface area contributed by atoms with Crippen LogP contribution in [-0.4, -0.2) is 57.7 Å². The van der Waals surface area contributed by atoms with Gasteiger partial charge in [0.05, 0.1) is 5.75 Å². The van der Waals surface area contributed by atoms with Crippen molar-refractivity contribution in [2.24, 2.45) is 4.99 Å². The smallest absolute Gasteiger partial charge is 0.214 e. The van der Waals surface area contributed by atoms with Crippen molar-refractivity contribution in [3.63, 3.8) is 0 Å². The van der Waals surface area contributed by atoms with E-state index in [-0.39, 0.29) is 5.75 Å². The van der Waals surface area contributed by atoms with E-state index in [4.69, 9.17) is 0 Å². The SMILES string of the molecule is CN=C(NCCN1CCCS1(=O)=O)NCC(C)c1ccccc1. The van der Waals surface area contributed by atoms with E-state index < -0.39 is 10.0 Å². The first-order valence-electron chi connectivity index (χ1n) is 8.00. The molecule has 0 aliphatic carbocycles. The zero-order valence-corrected chi connectivity index (χ0v) is 14.6. The molecule has 1 atom stereocenters. The Balaban J connectivity index is 1.73. The van der Waals surface area contributed by atoms with Crippen LogP contribution >= 0.6 is 0 Å². The molecule has 0 bridgehead atoms. The van der Waals surface area contributed by atoms with Gasteiger partial charge in [-0.1, -0.05) is 37.3 Å². The number of rotatable bonds is 6. The zero-order chi connectivity index (χ0) is 16.7. The molecule has 1 heterocycles. The molecule has 23 heavy (non-hydrogen) atoms. The lowest BCUT2D eigenvalue weighted by molar-refractivity contribution is 0.445. The molecular weight excluding hydrogens is 312 g/mol. The normalized spacial score (nSPS) is 19.5. The number of hydrogen-bond donors (Lipinski definition) is 2. The van der Waals surface area contributed by atoms with Crippen molar-refractivity contribution in [3.8, 4) is 0 Å². The highest BCUT2D eigenvalue weighted by Crippen LogP contribution is 2.13. The Morgan fingerprint density at radius 3 is 2.65 bits per heavy atom. The fourth-order valence-electron chi connectivity index (χ4n) is 2.61. The number of sulfonamides is 1. The van der Waals surface area contributed by atoms with Gasteiger partial charge in [-0.3, -0.25) is 4.99 Å². The van der Waals surface area contributed by atoms with Crippen LogP contribution in [0.4, 0.5) is 0 Å². The first-order valence-corrected chi connectivity index (χ1v) is 9.61. The third-order valence-electron chi connectivity index (χ3n) is 4.02. The van der Waals surface area contributed by atoms with Crippen LogP contribution in [0.25, 0.3) is 0 Å². The lowest BCUT2D eigenvalue weighted by Gasteiger charge is -2.18. The van der Waals surface area contributed by atoms with Crippen molar-refractivity contribution in [3.05, 3.63) is 35.9 Å². The van der Waals surface area contributed by atoms with E-state index in [0.717, 1.165) is 13.0 Å². The summed E-state index contributed by atoms with van der Waals surface area (Å²) in [5.74, 6) is 1.34. The second kappa shape index (κ2) is 8.31. The molecular formula is C16H26N4O2S. The highest BCUT2D eigenvalue weighted by atomic mass is 32.2. The van der Waals surface area contributed by atoms with Crippen LogP contribution in [0.3, 0.4) is 0 Å². The first-order chi connectivity index (χ1) is 11.0. The molecule has 1 aromatic carbocycles. The van der Waals surface area contributed by atoms with Crippen LogP contribution in [0.2, 0.25) is 0 Å². The summed E-state index contributed by atoms with van der Waals surface area (Å²) in [4.78, 5) is 4.18. The van der Waals surface area contributed by atoms with Gasteiger partial charge in [-0.05, 0) is 17.9 Å². The molecule has 2 N–H and O–H groups in total. The summed E-state index contributed by atoms with van der Waals surface area (Å²) in [6, 6.07) is 10.3. The quantitative estimate of drug-likeness (QED) is 0.599. The van der Waals surface area contributed by atoms with Crippen molar-refractivity contribution >= 4 is 16.0 Å². The predicted octanol–water partition coefficient (Wildman–Crippen LogP) is 0.991. The molecule has 0 saturated carbocycles. The summed E-state index contributed by atoms with van der Waals surface area (Å²) in [6.45, 7) is 4.59. The fraction of sp³-hybridized carbons (Fsp3) is 0.562. The van der Waals surface area contributed by atoms with Gasteiger partial charge in [0.25, 0.3) is 0 Å². The van der Waals surface area contributed by atoms with Gasteiger partial charge >= 0.3 is 0 Å². The number of nitrogens with zero attached hydrogens (tertiary/aromatic N) is 2. The molecule has 128 valence electrons. The molecule has 1 aliphatic heterocycles. The van der Waals surface area contributed by atoms with Gasteiger partial charge in [0, 0.05) is 33.2 Å². The van der Waals surface area contributed by atoms with Crippen LogP contribution in [0, 0.1) is 0 Å². The minimum atomic E-state index is -3.02. The number of nitrogens with one attached hydrogen (secondary N) is 2. The van der Waals surface area contributed by atoms with E-state index in [1.54, 1.807) is 11.4 Å². The van der Waals surface area contributed by atoms with Crippen LogP contribution in [0.1, 0.15) is 24.8 Å². The molecule has 2 rings (SSSR count).